The van der Waals surface area contributed by atoms with Gasteiger partial charge in [0.15, 0.2) is 0 Å². The molecule has 1 N–H and O–H groups in total. The maximum Gasteiger partial charge on any atom is 0.321 e. The summed E-state index contributed by atoms with van der Waals surface area (Å²) in [5.41, 5.74) is 0. The van der Waals surface area contributed by atoms with Crippen LogP contribution >= 0.6 is 0 Å². The molecule has 0 aromatic heterocycles. The predicted molar refractivity (Wildman–Crippen MR) is 83.8 cm³/mol. The Morgan fingerprint density at radius 3 is 2.18 bits per heavy atom. The Bertz CT molecular complexity index is 482. The fourth-order valence-electron chi connectivity index (χ4n) is 3.30. The van der Waals surface area contributed by atoms with Crippen LogP contribution in [0.2, 0.25) is 0 Å². The van der Waals surface area contributed by atoms with Gasteiger partial charge in [-0.3, -0.25) is 4.79 Å². The summed E-state index contributed by atoms with van der Waals surface area (Å²) in [6, 6.07) is -1.21. The van der Waals surface area contributed by atoms with Crippen molar-refractivity contribution in [2.24, 2.45) is 0 Å². The second-order valence-electron chi connectivity index (χ2n) is 6.35. The molecule has 7 nitrogen and oxygen atoms in total. The molecule has 0 amide bonds. The molecule has 0 aromatic rings. The molecular weight excluding hydrogens is 306 g/mol. The minimum atomic E-state index is -3.73. The maximum atomic E-state index is 13.0. The summed E-state index contributed by atoms with van der Waals surface area (Å²) in [5, 5.41) is 9.35. The molecule has 1 aliphatic heterocycles. The SMILES string of the molecule is C[C@@H](C(=O)O)N(C1CCCCC1)S(=O)(=O)N1CCN(C)CC1. The summed E-state index contributed by atoms with van der Waals surface area (Å²) < 4.78 is 28.7. The largest absolute Gasteiger partial charge is 0.480 e. The monoisotopic (exact) mass is 333 g/mol. The molecule has 128 valence electrons. The van der Waals surface area contributed by atoms with Gasteiger partial charge in [-0.05, 0) is 26.8 Å². The highest BCUT2D eigenvalue weighted by molar-refractivity contribution is 7.86. The molecule has 2 fully saturated rings. The molecule has 1 atom stereocenters. The van der Waals surface area contributed by atoms with E-state index in [4.69, 9.17) is 0 Å². The molecule has 0 bridgehead atoms. The summed E-state index contributed by atoms with van der Waals surface area (Å²) in [5.74, 6) is -1.08. The quantitative estimate of drug-likeness (QED) is 0.796. The molecule has 1 saturated heterocycles. The summed E-state index contributed by atoms with van der Waals surface area (Å²) in [6.45, 7) is 3.69. The number of carboxylic acids is 1. The molecule has 1 saturated carbocycles. The van der Waals surface area contributed by atoms with Crippen molar-refractivity contribution in [2.45, 2.75) is 51.1 Å². The van der Waals surface area contributed by atoms with Crippen LogP contribution in [0.4, 0.5) is 0 Å². The second-order valence-corrected chi connectivity index (χ2v) is 8.18. The highest BCUT2D eigenvalue weighted by Crippen LogP contribution is 2.28. The van der Waals surface area contributed by atoms with E-state index in [-0.39, 0.29) is 6.04 Å². The molecule has 0 unspecified atom stereocenters. The van der Waals surface area contributed by atoms with E-state index in [9.17, 15) is 18.3 Å². The third-order valence-corrected chi connectivity index (χ3v) is 6.89. The fraction of sp³-hybridized carbons (Fsp3) is 0.929. The number of rotatable bonds is 5. The third-order valence-electron chi connectivity index (χ3n) is 4.73. The molecule has 1 heterocycles. The van der Waals surface area contributed by atoms with Crippen LogP contribution in [0, 0.1) is 0 Å². The lowest BCUT2D eigenvalue weighted by Crippen LogP contribution is -2.58. The number of piperazine rings is 1. The first kappa shape index (κ1) is 17.7. The topological polar surface area (TPSA) is 81.2 Å². The molecular formula is C14H27N3O4S. The minimum absolute atomic E-state index is 0.190. The standard InChI is InChI=1S/C14H27N3O4S/c1-12(14(18)19)17(13-6-4-3-5-7-13)22(20,21)16-10-8-15(2)9-11-16/h12-13H,3-11H2,1-2H3,(H,18,19)/t12-/m0/s1. The number of aliphatic carboxylic acids is 1. The van der Waals surface area contributed by atoms with Gasteiger partial charge in [-0.1, -0.05) is 19.3 Å². The maximum absolute atomic E-state index is 13.0. The second kappa shape index (κ2) is 7.25. The van der Waals surface area contributed by atoms with Crippen molar-refractivity contribution in [3.63, 3.8) is 0 Å². The van der Waals surface area contributed by atoms with E-state index in [0.717, 1.165) is 32.1 Å². The lowest BCUT2D eigenvalue weighted by Gasteiger charge is -2.41. The minimum Gasteiger partial charge on any atom is -0.480 e. The number of hydrogen-bond donors (Lipinski definition) is 1. The van der Waals surface area contributed by atoms with Crippen molar-refractivity contribution in [3.05, 3.63) is 0 Å². The number of likely N-dealkylation sites (N-methyl/N-ethyl adjacent to an activating group) is 1. The molecule has 8 heteroatoms. The van der Waals surface area contributed by atoms with Crippen molar-refractivity contribution in [2.75, 3.05) is 33.2 Å². The normalized spacial score (nSPS) is 24.5. The van der Waals surface area contributed by atoms with Crippen molar-refractivity contribution in [1.29, 1.82) is 0 Å². The van der Waals surface area contributed by atoms with Gasteiger partial charge in [0, 0.05) is 32.2 Å². The van der Waals surface area contributed by atoms with E-state index in [0.29, 0.717) is 26.2 Å². The van der Waals surface area contributed by atoms with Gasteiger partial charge >= 0.3 is 5.97 Å². The van der Waals surface area contributed by atoms with Crippen molar-refractivity contribution < 1.29 is 18.3 Å². The van der Waals surface area contributed by atoms with Crippen LogP contribution in [0.3, 0.4) is 0 Å². The van der Waals surface area contributed by atoms with Gasteiger partial charge in [0.1, 0.15) is 6.04 Å². The number of carboxylic acid groups (broad SMARTS) is 1. The van der Waals surface area contributed by atoms with Gasteiger partial charge in [-0.2, -0.15) is 17.0 Å². The average molecular weight is 333 g/mol. The number of nitrogens with zero attached hydrogens (tertiary/aromatic N) is 3. The zero-order chi connectivity index (χ0) is 16.3. The van der Waals surface area contributed by atoms with E-state index < -0.39 is 22.2 Å². The molecule has 2 rings (SSSR count). The zero-order valence-electron chi connectivity index (χ0n) is 13.4. The van der Waals surface area contributed by atoms with Crippen molar-refractivity contribution in [1.82, 2.24) is 13.5 Å². The number of carbonyl (C=O) groups is 1. The first-order chi connectivity index (χ1) is 10.3. The Kier molecular flexibility index (Phi) is 5.81. The fourth-order valence-corrected chi connectivity index (χ4v) is 5.27. The molecule has 0 radical (unpaired) electrons. The van der Waals surface area contributed by atoms with Gasteiger partial charge in [-0.25, -0.2) is 0 Å². The summed E-state index contributed by atoms with van der Waals surface area (Å²) in [6.07, 6.45) is 4.53. The lowest BCUT2D eigenvalue weighted by molar-refractivity contribution is -0.141. The summed E-state index contributed by atoms with van der Waals surface area (Å²) >= 11 is 0. The molecule has 0 aromatic carbocycles. The average Bonchev–Trinajstić information content (AvgIpc) is 2.48. The summed E-state index contributed by atoms with van der Waals surface area (Å²) in [7, 11) is -1.77. The van der Waals surface area contributed by atoms with Crippen LogP contribution in [0.25, 0.3) is 0 Å². The van der Waals surface area contributed by atoms with E-state index >= 15 is 0 Å². The van der Waals surface area contributed by atoms with E-state index in [2.05, 4.69) is 4.90 Å². The van der Waals surface area contributed by atoms with E-state index in [1.54, 1.807) is 0 Å². The van der Waals surface area contributed by atoms with Crippen LogP contribution in [-0.4, -0.2) is 78.3 Å². The summed E-state index contributed by atoms with van der Waals surface area (Å²) in [4.78, 5) is 13.5. The Morgan fingerprint density at radius 2 is 1.68 bits per heavy atom. The first-order valence-electron chi connectivity index (χ1n) is 8.04. The van der Waals surface area contributed by atoms with Gasteiger partial charge in [0.2, 0.25) is 0 Å². The van der Waals surface area contributed by atoms with Gasteiger partial charge < -0.3 is 10.0 Å². The van der Waals surface area contributed by atoms with Gasteiger partial charge in [-0.15, -0.1) is 0 Å². The Balaban J connectivity index is 2.24. The van der Waals surface area contributed by atoms with Crippen molar-refractivity contribution >= 4 is 16.2 Å². The van der Waals surface area contributed by atoms with E-state index in [1.165, 1.54) is 15.5 Å². The highest BCUT2D eigenvalue weighted by atomic mass is 32.2. The highest BCUT2D eigenvalue weighted by Gasteiger charge is 2.41. The molecule has 1 aliphatic carbocycles. The number of hydrogen-bond acceptors (Lipinski definition) is 4. The zero-order valence-corrected chi connectivity index (χ0v) is 14.3. The van der Waals surface area contributed by atoms with Crippen molar-refractivity contribution in [3.8, 4) is 0 Å². The van der Waals surface area contributed by atoms with Crippen LogP contribution < -0.4 is 0 Å². The smallest absolute Gasteiger partial charge is 0.321 e. The third kappa shape index (κ3) is 3.79. The Morgan fingerprint density at radius 1 is 1.14 bits per heavy atom. The van der Waals surface area contributed by atoms with Gasteiger partial charge in [0.25, 0.3) is 10.2 Å². The van der Waals surface area contributed by atoms with E-state index in [1.807, 2.05) is 7.05 Å². The molecule has 0 spiro atoms. The van der Waals surface area contributed by atoms with Crippen LogP contribution in [0.15, 0.2) is 0 Å². The molecule has 2 aliphatic rings. The Hall–Kier alpha value is -0.700. The first-order valence-corrected chi connectivity index (χ1v) is 9.43. The van der Waals surface area contributed by atoms with Gasteiger partial charge in [0.05, 0.1) is 0 Å². The Labute approximate surface area is 133 Å². The van der Waals surface area contributed by atoms with Crippen LogP contribution in [-0.2, 0) is 15.0 Å². The van der Waals surface area contributed by atoms with Crippen LogP contribution in [0.5, 0.6) is 0 Å². The molecule has 22 heavy (non-hydrogen) atoms. The lowest BCUT2D eigenvalue weighted by atomic mass is 9.95. The predicted octanol–water partition coefficient (Wildman–Crippen LogP) is 0.586. The van der Waals surface area contributed by atoms with Crippen LogP contribution in [0.1, 0.15) is 39.0 Å².